The third-order valence-electron chi connectivity index (χ3n) is 5.93. The summed E-state index contributed by atoms with van der Waals surface area (Å²) < 4.78 is 26.5. The number of esters is 1. The fourth-order valence-corrected chi connectivity index (χ4v) is 4.01. The largest absolute Gasteiger partial charge is 0.490 e. The van der Waals surface area contributed by atoms with E-state index >= 15 is 0 Å². The zero-order valence-electron chi connectivity index (χ0n) is 26.0. The van der Waals surface area contributed by atoms with Gasteiger partial charge in [0.2, 0.25) is 0 Å². The molecule has 1 aliphatic rings. The molecule has 2 aromatic carbocycles. The van der Waals surface area contributed by atoms with Gasteiger partial charge in [-0.25, -0.2) is 19.2 Å². The molecule has 1 fully saturated rings. The van der Waals surface area contributed by atoms with Crippen LogP contribution in [0.4, 0.5) is 20.1 Å². The van der Waals surface area contributed by atoms with Crippen molar-refractivity contribution in [3.8, 4) is 5.75 Å². The van der Waals surface area contributed by atoms with Gasteiger partial charge in [0.05, 0.1) is 13.7 Å². The van der Waals surface area contributed by atoms with E-state index in [2.05, 4.69) is 10.3 Å². The van der Waals surface area contributed by atoms with Crippen LogP contribution >= 0.6 is 0 Å². The Bertz CT molecular complexity index is 1360. The first-order valence-corrected chi connectivity index (χ1v) is 14.0. The Hall–Kier alpha value is -4.81. The van der Waals surface area contributed by atoms with Crippen molar-refractivity contribution in [3.05, 3.63) is 59.7 Å². The van der Waals surface area contributed by atoms with Crippen LogP contribution in [-0.2, 0) is 30.2 Å². The number of rotatable bonds is 9. The van der Waals surface area contributed by atoms with Crippen LogP contribution in [0.25, 0.3) is 0 Å². The number of methoxy groups -OCH3 is 1. The monoisotopic (exact) mass is 612 g/mol. The van der Waals surface area contributed by atoms with Crippen molar-refractivity contribution in [1.29, 1.82) is 0 Å². The molecule has 13 heteroatoms. The minimum absolute atomic E-state index is 0.00721. The number of carbonyl (C=O) groups is 4. The number of benzene rings is 2. The van der Waals surface area contributed by atoms with Crippen LogP contribution in [0.5, 0.6) is 5.75 Å². The standard InChI is InChI=1S/C31H40N4O9/c1-30(2,3)43-27(37)33-24(26(36)40-7)16-19-8-14-22(15-9-19)41-18-23-17-35(29(39)42-23)21-12-10-20(11-13-21)25(32)34-28(38)44-31(4,5)6/h8-15,23-24H,16-18H2,1-7H3,(H,33,37)(H2,32,34,38). The quantitative estimate of drug-likeness (QED) is 0.180. The van der Waals surface area contributed by atoms with Gasteiger partial charge in [0.25, 0.3) is 0 Å². The van der Waals surface area contributed by atoms with Gasteiger partial charge in [-0.2, -0.15) is 4.99 Å². The van der Waals surface area contributed by atoms with Gasteiger partial charge in [-0.1, -0.05) is 12.1 Å². The summed E-state index contributed by atoms with van der Waals surface area (Å²) in [4.78, 5) is 54.1. The second-order valence-electron chi connectivity index (χ2n) is 12.0. The minimum atomic E-state index is -0.937. The maximum Gasteiger partial charge on any atom is 0.436 e. The van der Waals surface area contributed by atoms with Crippen LogP contribution in [0.15, 0.2) is 53.5 Å². The smallest absolute Gasteiger partial charge is 0.436 e. The first kappa shape index (κ1) is 33.7. The van der Waals surface area contributed by atoms with Crippen molar-refractivity contribution in [1.82, 2.24) is 5.32 Å². The van der Waals surface area contributed by atoms with E-state index in [4.69, 9.17) is 29.4 Å². The zero-order chi connectivity index (χ0) is 32.7. The first-order valence-electron chi connectivity index (χ1n) is 14.0. The highest BCUT2D eigenvalue weighted by molar-refractivity contribution is 6.03. The summed E-state index contributed by atoms with van der Waals surface area (Å²) in [7, 11) is 1.24. The Balaban J connectivity index is 1.54. The molecule has 1 aliphatic heterocycles. The maximum absolute atomic E-state index is 12.5. The molecule has 0 aromatic heterocycles. The molecule has 3 rings (SSSR count). The van der Waals surface area contributed by atoms with Crippen molar-refractivity contribution < 1.29 is 42.9 Å². The van der Waals surface area contributed by atoms with Crippen molar-refractivity contribution in [2.75, 3.05) is 25.2 Å². The van der Waals surface area contributed by atoms with Crippen LogP contribution in [0, 0.1) is 0 Å². The van der Waals surface area contributed by atoms with E-state index in [1.807, 2.05) is 0 Å². The summed E-state index contributed by atoms with van der Waals surface area (Å²) in [6.45, 7) is 10.7. The van der Waals surface area contributed by atoms with E-state index in [1.54, 1.807) is 90.1 Å². The Morgan fingerprint density at radius 3 is 2.18 bits per heavy atom. The van der Waals surface area contributed by atoms with E-state index < -0.39 is 47.6 Å². The number of aliphatic imine (C=N–C) groups is 1. The molecule has 0 spiro atoms. The third-order valence-corrected chi connectivity index (χ3v) is 5.93. The summed E-state index contributed by atoms with van der Waals surface area (Å²) >= 11 is 0. The average Bonchev–Trinajstić information content (AvgIpc) is 3.30. The van der Waals surface area contributed by atoms with Crippen LogP contribution < -0.4 is 20.7 Å². The van der Waals surface area contributed by atoms with Crippen molar-refractivity contribution >= 4 is 35.8 Å². The molecule has 1 saturated heterocycles. The molecule has 0 saturated carbocycles. The van der Waals surface area contributed by atoms with Gasteiger partial charge in [0.15, 0.2) is 6.10 Å². The fourth-order valence-electron chi connectivity index (χ4n) is 4.01. The lowest BCUT2D eigenvalue weighted by Gasteiger charge is -2.22. The van der Waals surface area contributed by atoms with Crippen LogP contribution in [0.3, 0.4) is 0 Å². The molecule has 238 valence electrons. The topological polar surface area (TPSA) is 168 Å². The second-order valence-corrected chi connectivity index (χ2v) is 12.0. The van der Waals surface area contributed by atoms with Gasteiger partial charge in [0.1, 0.15) is 35.4 Å². The summed E-state index contributed by atoms with van der Waals surface area (Å²) in [5.41, 5.74) is 6.36. The van der Waals surface area contributed by atoms with E-state index in [0.717, 1.165) is 5.56 Å². The Morgan fingerprint density at radius 1 is 1.00 bits per heavy atom. The highest BCUT2D eigenvalue weighted by Gasteiger charge is 2.33. The van der Waals surface area contributed by atoms with Crippen molar-refractivity contribution in [2.24, 2.45) is 10.7 Å². The molecule has 2 atom stereocenters. The van der Waals surface area contributed by atoms with E-state index in [1.165, 1.54) is 12.0 Å². The number of nitrogens with two attached hydrogens (primary N) is 1. The lowest BCUT2D eigenvalue weighted by molar-refractivity contribution is -0.143. The number of carbonyl (C=O) groups excluding carboxylic acids is 4. The molecular weight excluding hydrogens is 572 g/mol. The Labute approximate surface area is 256 Å². The summed E-state index contributed by atoms with van der Waals surface area (Å²) in [6, 6.07) is 12.7. The molecular formula is C31H40N4O9. The minimum Gasteiger partial charge on any atom is -0.490 e. The SMILES string of the molecule is COC(=O)C(Cc1ccc(OCC2CN(c3ccc(C(N)=NC(=O)OC(C)(C)C)cc3)C(=O)O2)cc1)NC(=O)OC(C)(C)C. The van der Waals surface area contributed by atoms with Gasteiger partial charge in [-0.15, -0.1) is 0 Å². The van der Waals surface area contributed by atoms with Gasteiger partial charge < -0.3 is 34.7 Å². The highest BCUT2D eigenvalue weighted by Crippen LogP contribution is 2.23. The van der Waals surface area contributed by atoms with Gasteiger partial charge in [-0.05, 0) is 83.5 Å². The van der Waals surface area contributed by atoms with Gasteiger partial charge in [0, 0.05) is 17.7 Å². The predicted molar refractivity (Wildman–Crippen MR) is 162 cm³/mol. The number of amides is 3. The average molecular weight is 613 g/mol. The summed E-state index contributed by atoms with van der Waals surface area (Å²) in [6.07, 6.45) is -2.38. The van der Waals surface area contributed by atoms with E-state index in [9.17, 15) is 19.2 Å². The highest BCUT2D eigenvalue weighted by atomic mass is 16.6. The number of hydrogen-bond acceptors (Lipinski definition) is 9. The van der Waals surface area contributed by atoms with Crippen LogP contribution in [0.2, 0.25) is 0 Å². The summed E-state index contributed by atoms with van der Waals surface area (Å²) in [5.74, 6) is -0.0786. The summed E-state index contributed by atoms with van der Waals surface area (Å²) in [5, 5.41) is 2.54. The molecule has 2 aromatic rings. The maximum atomic E-state index is 12.5. The molecule has 3 amide bonds. The second kappa shape index (κ2) is 14.1. The zero-order valence-corrected chi connectivity index (χ0v) is 26.0. The molecule has 1 heterocycles. The van der Waals surface area contributed by atoms with Gasteiger partial charge >= 0.3 is 24.2 Å². The number of cyclic esters (lactones) is 1. The Kier molecular flexibility index (Phi) is 10.8. The lowest BCUT2D eigenvalue weighted by Crippen LogP contribution is -2.45. The molecule has 3 N–H and O–H groups in total. The molecule has 2 unspecified atom stereocenters. The van der Waals surface area contributed by atoms with Crippen molar-refractivity contribution in [2.45, 2.75) is 71.3 Å². The number of amidine groups is 1. The molecule has 13 nitrogen and oxygen atoms in total. The number of ether oxygens (including phenoxy) is 5. The number of nitrogens with zero attached hydrogens (tertiary/aromatic N) is 2. The Morgan fingerprint density at radius 2 is 1.61 bits per heavy atom. The molecule has 0 bridgehead atoms. The predicted octanol–water partition coefficient (Wildman–Crippen LogP) is 4.34. The number of alkyl carbamates (subject to hydrolysis) is 1. The molecule has 0 radical (unpaired) electrons. The van der Waals surface area contributed by atoms with Crippen LogP contribution in [0.1, 0.15) is 52.7 Å². The fraction of sp³-hybridized carbons (Fsp3) is 0.452. The number of anilines is 1. The number of hydrogen-bond donors (Lipinski definition) is 2. The van der Waals surface area contributed by atoms with Gasteiger partial charge in [-0.3, -0.25) is 4.90 Å². The lowest BCUT2D eigenvalue weighted by atomic mass is 10.1. The van der Waals surface area contributed by atoms with Crippen LogP contribution in [-0.4, -0.2) is 73.7 Å². The number of nitrogens with one attached hydrogen (secondary N) is 1. The van der Waals surface area contributed by atoms with Crippen molar-refractivity contribution in [3.63, 3.8) is 0 Å². The first-order chi connectivity index (χ1) is 20.5. The molecule has 44 heavy (non-hydrogen) atoms. The normalized spacial score (nSPS) is 16.1. The molecule has 0 aliphatic carbocycles. The van der Waals surface area contributed by atoms with E-state index in [-0.39, 0.29) is 25.4 Å². The van der Waals surface area contributed by atoms with E-state index in [0.29, 0.717) is 17.0 Å². The third kappa shape index (κ3) is 10.5.